The quantitative estimate of drug-likeness (QED) is 0.765. The molecule has 1 aromatic carbocycles. The highest BCUT2D eigenvalue weighted by atomic mass is 35.5. The van der Waals surface area contributed by atoms with Gasteiger partial charge in [0.2, 0.25) is 5.91 Å². The molecule has 0 spiro atoms. The van der Waals surface area contributed by atoms with Gasteiger partial charge in [-0.1, -0.05) is 36.7 Å². The zero-order chi connectivity index (χ0) is 18.3. The van der Waals surface area contributed by atoms with Crippen LogP contribution in [0.5, 0.6) is 5.75 Å². The van der Waals surface area contributed by atoms with E-state index in [1.54, 1.807) is 6.20 Å². The first-order valence-electron chi connectivity index (χ1n) is 9.26. The Labute approximate surface area is 158 Å². The van der Waals surface area contributed by atoms with Crippen LogP contribution in [-0.4, -0.2) is 17.0 Å². The van der Waals surface area contributed by atoms with Crippen LogP contribution in [0.15, 0.2) is 42.6 Å². The number of hydrogen-bond acceptors (Lipinski definition) is 3. The maximum Gasteiger partial charge on any atom is 0.248 e. The first kappa shape index (κ1) is 17.3. The first-order valence-corrected chi connectivity index (χ1v) is 9.63. The maximum absolute atomic E-state index is 11.8. The second kappa shape index (κ2) is 6.92. The summed E-state index contributed by atoms with van der Waals surface area (Å²) < 4.78 is 6.07. The van der Waals surface area contributed by atoms with E-state index in [2.05, 4.69) is 18.0 Å². The van der Waals surface area contributed by atoms with Crippen molar-refractivity contribution in [2.45, 2.75) is 38.2 Å². The van der Waals surface area contributed by atoms with Gasteiger partial charge in [-0.15, -0.1) is 0 Å². The van der Waals surface area contributed by atoms with E-state index in [-0.39, 0.29) is 12.0 Å². The molecular formula is C21H23ClN2O2. The Bertz CT molecular complexity index is 813. The number of carbonyl (C=O) groups excluding carboxylic acids is 1. The Balaban J connectivity index is 1.45. The molecule has 0 radical (unpaired) electrons. The Hall–Kier alpha value is -2.07. The molecule has 3 atom stereocenters. The van der Waals surface area contributed by atoms with Crippen LogP contribution in [0.2, 0.25) is 5.15 Å². The summed E-state index contributed by atoms with van der Waals surface area (Å²) in [5.74, 6) is 2.64. The summed E-state index contributed by atoms with van der Waals surface area (Å²) in [4.78, 5) is 15.9. The van der Waals surface area contributed by atoms with E-state index in [9.17, 15) is 4.79 Å². The molecule has 2 aliphatic carbocycles. The molecule has 4 nitrogen and oxygen atoms in total. The molecule has 0 bridgehead atoms. The van der Waals surface area contributed by atoms with Crippen LogP contribution >= 0.6 is 11.6 Å². The smallest absolute Gasteiger partial charge is 0.248 e. The number of nitrogens with two attached hydrogens (primary N) is 1. The lowest BCUT2D eigenvalue weighted by molar-refractivity contribution is 0.0998. The fourth-order valence-corrected chi connectivity index (χ4v) is 5.08. The molecule has 2 aromatic rings. The van der Waals surface area contributed by atoms with Crippen molar-refractivity contribution in [3.05, 3.63) is 58.9 Å². The molecule has 0 aliphatic heterocycles. The second-order valence-corrected chi connectivity index (χ2v) is 7.73. The van der Waals surface area contributed by atoms with Gasteiger partial charge in [-0.2, -0.15) is 0 Å². The van der Waals surface area contributed by atoms with Gasteiger partial charge in [-0.05, 0) is 66.7 Å². The molecule has 1 aromatic heterocycles. The summed E-state index contributed by atoms with van der Waals surface area (Å²) in [5.41, 5.74) is 7.36. The molecule has 2 fully saturated rings. The molecule has 1 heterocycles. The van der Waals surface area contributed by atoms with Crippen LogP contribution in [0.1, 0.15) is 48.0 Å². The third-order valence-corrected chi connectivity index (χ3v) is 6.30. The third-order valence-electron chi connectivity index (χ3n) is 6.02. The summed E-state index contributed by atoms with van der Waals surface area (Å²) in [6.45, 7) is 2.19. The normalized spacial score (nSPS) is 25.5. The minimum atomic E-state index is -0.336. The molecule has 2 saturated carbocycles. The number of hydrogen-bond donors (Lipinski definition) is 1. The van der Waals surface area contributed by atoms with Crippen molar-refractivity contribution in [2.75, 3.05) is 0 Å². The summed E-state index contributed by atoms with van der Waals surface area (Å²) in [6.07, 6.45) is 4.96. The van der Waals surface area contributed by atoms with Gasteiger partial charge in [-0.25, -0.2) is 4.98 Å². The minimum absolute atomic E-state index is 0.201. The number of aromatic nitrogens is 1. The number of halogens is 1. The number of rotatable bonds is 6. The number of nitrogens with zero attached hydrogens (tertiary/aromatic N) is 1. The zero-order valence-corrected chi connectivity index (χ0v) is 15.5. The minimum Gasteiger partial charge on any atom is -0.487 e. The molecule has 0 unspecified atom stereocenters. The van der Waals surface area contributed by atoms with Gasteiger partial charge >= 0.3 is 0 Å². The lowest BCUT2D eigenvalue weighted by Crippen LogP contribution is -2.20. The van der Waals surface area contributed by atoms with Crippen molar-refractivity contribution in [3.8, 4) is 5.75 Å². The number of pyridine rings is 1. The van der Waals surface area contributed by atoms with E-state index >= 15 is 0 Å². The highest BCUT2D eigenvalue weighted by Gasteiger charge is 2.59. The van der Waals surface area contributed by atoms with E-state index in [0.717, 1.165) is 24.8 Å². The van der Waals surface area contributed by atoms with Crippen LogP contribution in [0.3, 0.4) is 0 Å². The number of benzene rings is 1. The molecular weight excluding hydrogens is 348 g/mol. The van der Waals surface area contributed by atoms with Gasteiger partial charge in [0, 0.05) is 11.8 Å². The van der Waals surface area contributed by atoms with Crippen LogP contribution in [0, 0.1) is 17.8 Å². The van der Waals surface area contributed by atoms with Crippen molar-refractivity contribution < 1.29 is 9.53 Å². The first-order chi connectivity index (χ1) is 12.6. The predicted octanol–water partition coefficient (Wildman–Crippen LogP) is 4.43. The lowest BCUT2D eigenvalue weighted by atomic mass is 9.84. The van der Waals surface area contributed by atoms with Gasteiger partial charge in [-0.3, -0.25) is 4.79 Å². The molecule has 2 N–H and O–H groups in total. The Kier molecular flexibility index (Phi) is 4.62. The van der Waals surface area contributed by atoms with Gasteiger partial charge in [0.25, 0.3) is 0 Å². The Morgan fingerprint density at radius 3 is 2.65 bits per heavy atom. The van der Waals surface area contributed by atoms with E-state index in [4.69, 9.17) is 22.1 Å². The molecule has 1 amide bonds. The van der Waals surface area contributed by atoms with E-state index < -0.39 is 0 Å². The fraction of sp³-hybridized carbons (Fsp3) is 0.429. The van der Waals surface area contributed by atoms with Gasteiger partial charge in [0.1, 0.15) is 0 Å². The molecule has 2 aliphatic rings. The second-order valence-electron chi connectivity index (χ2n) is 7.37. The SMILES string of the molecule is CC[C@H](c1ccccc1C(N)=O)C1[C@H]2CC(Oc3cccnc3Cl)C[C@H]12. The van der Waals surface area contributed by atoms with Crippen LogP contribution in [0.4, 0.5) is 0 Å². The van der Waals surface area contributed by atoms with Gasteiger partial charge in [0.05, 0.1) is 6.10 Å². The largest absolute Gasteiger partial charge is 0.487 e. The average Bonchev–Trinajstić information content (AvgIpc) is 3.11. The van der Waals surface area contributed by atoms with Crippen molar-refractivity contribution >= 4 is 17.5 Å². The highest BCUT2D eigenvalue weighted by Crippen LogP contribution is 2.64. The Morgan fingerprint density at radius 1 is 1.27 bits per heavy atom. The van der Waals surface area contributed by atoms with Crippen LogP contribution < -0.4 is 10.5 Å². The third kappa shape index (κ3) is 3.07. The number of ether oxygens (including phenoxy) is 1. The van der Waals surface area contributed by atoms with Gasteiger partial charge < -0.3 is 10.5 Å². The van der Waals surface area contributed by atoms with Crippen molar-refractivity contribution in [3.63, 3.8) is 0 Å². The van der Waals surface area contributed by atoms with Crippen molar-refractivity contribution in [2.24, 2.45) is 23.5 Å². The fourth-order valence-electron chi connectivity index (χ4n) is 4.92. The summed E-state index contributed by atoms with van der Waals surface area (Å²) >= 11 is 6.10. The molecule has 26 heavy (non-hydrogen) atoms. The standard InChI is InChI=1S/C21H23ClN2O2/c1-2-13(14-6-3-4-7-15(14)21(23)25)19-16-10-12(11-17(16)19)26-18-8-5-9-24-20(18)22/h3-9,12-13,16-17,19H,2,10-11H2,1H3,(H2,23,25)/t12?,13-,16+,17+,19?/m1/s1. The summed E-state index contributed by atoms with van der Waals surface area (Å²) in [7, 11) is 0. The number of fused-ring (bicyclic) bond motifs is 1. The summed E-state index contributed by atoms with van der Waals surface area (Å²) in [5, 5.41) is 0.423. The number of carbonyl (C=O) groups is 1. The topological polar surface area (TPSA) is 65.2 Å². The predicted molar refractivity (Wildman–Crippen MR) is 101 cm³/mol. The van der Waals surface area contributed by atoms with E-state index in [0.29, 0.717) is 40.1 Å². The number of amides is 1. The summed E-state index contributed by atoms with van der Waals surface area (Å²) in [6, 6.07) is 11.5. The average molecular weight is 371 g/mol. The number of primary amides is 1. The van der Waals surface area contributed by atoms with Crippen molar-refractivity contribution in [1.82, 2.24) is 4.98 Å². The zero-order valence-electron chi connectivity index (χ0n) is 14.8. The van der Waals surface area contributed by atoms with E-state index in [1.165, 1.54) is 0 Å². The monoisotopic (exact) mass is 370 g/mol. The van der Waals surface area contributed by atoms with Gasteiger partial charge in [0.15, 0.2) is 10.9 Å². The lowest BCUT2D eigenvalue weighted by Gasteiger charge is -2.23. The molecule has 136 valence electrons. The molecule has 0 saturated heterocycles. The van der Waals surface area contributed by atoms with Crippen molar-refractivity contribution in [1.29, 1.82) is 0 Å². The van der Waals surface area contributed by atoms with Crippen LogP contribution in [0.25, 0.3) is 0 Å². The van der Waals surface area contributed by atoms with E-state index in [1.807, 2.05) is 30.3 Å². The van der Waals surface area contributed by atoms with Crippen LogP contribution in [-0.2, 0) is 0 Å². The Morgan fingerprint density at radius 2 is 2.00 bits per heavy atom. The molecule has 5 heteroatoms. The highest BCUT2D eigenvalue weighted by molar-refractivity contribution is 6.30. The maximum atomic E-state index is 11.8. The molecule has 4 rings (SSSR count).